The molecule has 1 aliphatic rings. The van der Waals surface area contributed by atoms with Crippen LogP contribution in [0.1, 0.15) is 10.4 Å². The fraction of sp³-hybridized carbons (Fsp3) is 0.125. The number of carbonyl (C=O) groups excluding carboxylic acids is 2. The number of hydrogen-bond donors (Lipinski definition) is 2. The number of amides is 2. The van der Waals surface area contributed by atoms with E-state index in [4.69, 9.17) is 4.74 Å². The van der Waals surface area contributed by atoms with Crippen molar-refractivity contribution in [3.05, 3.63) is 48.0 Å². The van der Waals surface area contributed by atoms with Crippen LogP contribution in [0, 0.1) is 0 Å². The number of fused-ring (bicyclic) bond motifs is 1. The fourth-order valence-electron chi connectivity index (χ4n) is 2.11. The van der Waals surface area contributed by atoms with Crippen molar-refractivity contribution in [3.8, 4) is 5.75 Å². The van der Waals surface area contributed by atoms with Gasteiger partial charge < -0.3 is 15.4 Å². The van der Waals surface area contributed by atoms with Crippen molar-refractivity contribution in [2.45, 2.75) is 4.90 Å². The van der Waals surface area contributed by atoms with E-state index in [2.05, 4.69) is 10.6 Å². The molecule has 5 nitrogen and oxygen atoms in total. The second-order valence-corrected chi connectivity index (χ2v) is 5.75. The number of anilines is 2. The highest BCUT2D eigenvalue weighted by Crippen LogP contribution is 2.33. The molecule has 0 radical (unpaired) electrons. The topological polar surface area (TPSA) is 67.4 Å². The van der Waals surface area contributed by atoms with Gasteiger partial charge >= 0.3 is 0 Å². The predicted octanol–water partition coefficient (Wildman–Crippen LogP) is 2.99. The van der Waals surface area contributed by atoms with Crippen LogP contribution in [0.5, 0.6) is 5.75 Å². The Kier molecular flexibility index (Phi) is 4.02. The lowest BCUT2D eigenvalue weighted by atomic mass is 10.2. The average Bonchev–Trinajstić information content (AvgIpc) is 2.54. The van der Waals surface area contributed by atoms with Gasteiger partial charge in [-0.25, -0.2) is 0 Å². The molecule has 2 aromatic carbocycles. The number of nitrogens with one attached hydrogen (secondary N) is 2. The molecule has 0 saturated heterocycles. The van der Waals surface area contributed by atoms with E-state index in [0.29, 0.717) is 22.8 Å². The minimum absolute atomic E-state index is 0.0314. The van der Waals surface area contributed by atoms with Crippen LogP contribution < -0.4 is 15.4 Å². The van der Waals surface area contributed by atoms with Gasteiger partial charge in [0.15, 0.2) is 0 Å². The molecule has 2 aromatic rings. The van der Waals surface area contributed by atoms with Crippen LogP contribution in [-0.4, -0.2) is 24.7 Å². The first kappa shape index (κ1) is 14.5. The molecule has 2 amide bonds. The largest absolute Gasteiger partial charge is 0.497 e. The number of thioether (sulfide) groups is 1. The summed E-state index contributed by atoms with van der Waals surface area (Å²) in [6.45, 7) is 0. The van der Waals surface area contributed by atoms with Crippen molar-refractivity contribution in [2.75, 3.05) is 23.5 Å². The molecule has 1 heterocycles. The summed E-state index contributed by atoms with van der Waals surface area (Å²) in [5.74, 6) is 0.878. The first-order chi connectivity index (χ1) is 10.7. The van der Waals surface area contributed by atoms with E-state index >= 15 is 0 Å². The third kappa shape index (κ3) is 3.07. The maximum absolute atomic E-state index is 12.2. The zero-order valence-electron chi connectivity index (χ0n) is 11.9. The second kappa shape index (κ2) is 6.11. The summed E-state index contributed by atoms with van der Waals surface area (Å²) >= 11 is 1.49. The first-order valence-electron chi connectivity index (χ1n) is 6.68. The fourth-order valence-corrected chi connectivity index (χ4v) is 2.90. The van der Waals surface area contributed by atoms with Gasteiger partial charge in [0.05, 0.1) is 18.6 Å². The van der Waals surface area contributed by atoms with E-state index in [1.165, 1.54) is 11.8 Å². The molecule has 22 heavy (non-hydrogen) atoms. The zero-order valence-corrected chi connectivity index (χ0v) is 12.7. The third-order valence-electron chi connectivity index (χ3n) is 3.22. The number of hydrogen-bond acceptors (Lipinski definition) is 4. The summed E-state index contributed by atoms with van der Waals surface area (Å²) in [4.78, 5) is 24.6. The Labute approximate surface area is 132 Å². The number of rotatable bonds is 3. The Bertz CT molecular complexity index is 729. The second-order valence-electron chi connectivity index (χ2n) is 4.73. The van der Waals surface area contributed by atoms with Crippen LogP contribution in [0.25, 0.3) is 0 Å². The smallest absolute Gasteiger partial charge is 0.255 e. The van der Waals surface area contributed by atoms with Crippen molar-refractivity contribution < 1.29 is 14.3 Å². The highest BCUT2D eigenvalue weighted by atomic mass is 32.2. The van der Waals surface area contributed by atoms with Gasteiger partial charge in [0.2, 0.25) is 5.91 Å². The molecule has 0 aliphatic carbocycles. The van der Waals surface area contributed by atoms with Gasteiger partial charge in [0.1, 0.15) is 5.75 Å². The van der Waals surface area contributed by atoms with Crippen LogP contribution in [0.2, 0.25) is 0 Å². The average molecular weight is 314 g/mol. The van der Waals surface area contributed by atoms with Gasteiger partial charge in [-0.2, -0.15) is 0 Å². The molecule has 0 spiro atoms. The standard InChI is InChI=1S/C16H14N2O3S/c1-21-12-5-2-10(3-6-12)16(20)17-11-4-7-14-13(8-11)18-15(19)9-22-14/h2-8H,9H2,1H3,(H,17,20)(H,18,19). The maximum Gasteiger partial charge on any atom is 0.255 e. The van der Waals surface area contributed by atoms with Crippen LogP contribution in [0.4, 0.5) is 11.4 Å². The molecule has 3 rings (SSSR count). The Morgan fingerprint density at radius 3 is 2.73 bits per heavy atom. The van der Waals surface area contributed by atoms with Crippen molar-refractivity contribution in [2.24, 2.45) is 0 Å². The van der Waals surface area contributed by atoms with Crippen LogP contribution in [0.15, 0.2) is 47.4 Å². The summed E-state index contributed by atoms with van der Waals surface area (Å²) in [5, 5.41) is 5.62. The van der Waals surface area contributed by atoms with Crippen molar-refractivity contribution >= 4 is 35.0 Å². The summed E-state index contributed by atoms with van der Waals surface area (Å²) in [5.41, 5.74) is 1.91. The molecule has 0 unspecified atom stereocenters. The van der Waals surface area contributed by atoms with E-state index in [1.807, 2.05) is 12.1 Å². The maximum atomic E-state index is 12.2. The van der Waals surface area contributed by atoms with E-state index < -0.39 is 0 Å². The SMILES string of the molecule is COc1ccc(C(=O)Nc2ccc3c(c2)NC(=O)CS3)cc1. The molecule has 6 heteroatoms. The lowest BCUT2D eigenvalue weighted by Gasteiger charge is -2.17. The normalized spacial score (nSPS) is 13.0. The van der Waals surface area contributed by atoms with Gasteiger partial charge in [-0.1, -0.05) is 0 Å². The number of ether oxygens (including phenoxy) is 1. The highest BCUT2D eigenvalue weighted by molar-refractivity contribution is 8.00. The van der Waals surface area contributed by atoms with Gasteiger partial charge in [0.25, 0.3) is 5.91 Å². The number of methoxy groups -OCH3 is 1. The minimum Gasteiger partial charge on any atom is -0.497 e. The van der Waals surface area contributed by atoms with E-state index in [0.717, 1.165) is 10.6 Å². The Morgan fingerprint density at radius 2 is 2.00 bits per heavy atom. The molecular formula is C16H14N2O3S. The van der Waals surface area contributed by atoms with E-state index in [1.54, 1.807) is 37.4 Å². The monoisotopic (exact) mass is 314 g/mol. The molecule has 0 fully saturated rings. The summed E-state index contributed by atoms with van der Waals surface area (Å²) in [7, 11) is 1.58. The molecule has 0 atom stereocenters. The lowest BCUT2D eigenvalue weighted by molar-refractivity contribution is -0.113. The minimum atomic E-state index is -0.211. The molecule has 0 saturated carbocycles. The zero-order chi connectivity index (χ0) is 15.5. The molecule has 0 aromatic heterocycles. The third-order valence-corrected chi connectivity index (χ3v) is 4.30. The Morgan fingerprint density at radius 1 is 1.23 bits per heavy atom. The molecule has 1 aliphatic heterocycles. The van der Waals surface area contributed by atoms with Gasteiger partial charge in [-0.15, -0.1) is 11.8 Å². The van der Waals surface area contributed by atoms with E-state index in [-0.39, 0.29) is 11.8 Å². The quantitative estimate of drug-likeness (QED) is 0.914. The lowest BCUT2D eigenvalue weighted by Crippen LogP contribution is -2.19. The van der Waals surface area contributed by atoms with Gasteiger partial charge in [-0.3, -0.25) is 9.59 Å². The predicted molar refractivity (Wildman–Crippen MR) is 86.7 cm³/mol. The number of benzene rings is 2. The molecule has 112 valence electrons. The summed E-state index contributed by atoms with van der Waals surface area (Å²) in [6, 6.07) is 12.3. The molecule has 2 N–H and O–H groups in total. The van der Waals surface area contributed by atoms with Crippen LogP contribution in [-0.2, 0) is 4.79 Å². The van der Waals surface area contributed by atoms with Gasteiger partial charge in [0, 0.05) is 16.1 Å². The van der Waals surface area contributed by atoms with Crippen LogP contribution >= 0.6 is 11.8 Å². The van der Waals surface area contributed by atoms with E-state index in [9.17, 15) is 9.59 Å². The first-order valence-corrected chi connectivity index (χ1v) is 7.66. The van der Waals surface area contributed by atoms with Crippen molar-refractivity contribution in [1.82, 2.24) is 0 Å². The highest BCUT2D eigenvalue weighted by Gasteiger charge is 2.16. The Hall–Kier alpha value is -2.47. The van der Waals surface area contributed by atoms with Gasteiger partial charge in [-0.05, 0) is 42.5 Å². The van der Waals surface area contributed by atoms with Crippen LogP contribution in [0.3, 0.4) is 0 Å². The van der Waals surface area contributed by atoms with Crippen molar-refractivity contribution in [1.29, 1.82) is 0 Å². The van der Waals surface area contributed by atoms with Crippen molar-refractivity contribution in [3.63, 3.8) is 0 Å². The molecule has 0 bridgehead atoms. The summed E-state index contributed by atoms with van der Waals surface area (Å²) < 4.78 is 5.07. The summed E-state index contributed by atoms with van der Waals surface area (Å²) in [6.07, 6.45) is 0. The number of carbonyl (C=O) groups is 2. The molecular weight excluding hydrogens is 300 g/mol. The Balaban J connectivity index is 1.76.